The molecule has 0 N–H and O–H groups in total. The number of rotatable bonds is 6. The topological polar surface area (TPSA) is 17.8 Å². The van der Waals surface area contributed by atoms with E-state index in [0.717, 1.165) is 12.7 Å². The van der Waals surface area contributed by atoms with E-state index in [1.807, 2.05) is 29.0 Å². The van der Waals surface area contributed by atoms with E-state index in [-0.39, 0.29) is 0 Å². The Bertz CT molecular complexity index is 758. The van der Waals surface area contributed by atoms with Crippen LogP contribution >= 0.6 is 11.6 Å². The molecule has 132 valence electrons. The second kappa shape index (κ2) is 11.2. The highest BCUT2D eigenvalue weighted by Crippen LogP contribution is 2.00. The molecule has 0 bridgehead atoms. The minimum absolute atomic E-state index is 0.382. The van der Waals surface area contributed by atoms with Gasteiger partial charge in [0.05, 0.1) is 6.33 Å². The first-order valence-electron chi connectivity index (χ1n) is 8.78. The molecule has 1 heterocycles. The van der Waals surface area contributed by atoms with Crippen molar-refractivity contribution in [2.75, 3.05) is 0 Å². The SMILES string of the molecule is C=Cn1cncc1CC.ClC=CCB(c1ccccc1)c1ccccc1. The summed E-state index contributed by atoms with van der Waals surface area (Å²) in [6, 6.07) is 21.1. The average Bonchev–Trinajstić information content (AvgIpc) is 3.18. The molecule has 0 saturated heterocycles. The van der Waals surface area contributed by atoms with Crippen molar-refractivity contribution < 1.29 is 0 Å². The first kappa shape index (κ1) is 19.8. The van der Waals surface area contributed by atoms with Crippen molar-refractivity contribution in [1.82, 2.24) is 9.55 Å². The van der Waals surface area contributed by atoms with Crippen LogP contribution in [0.3, 0.4) is 0 Å². The van der Waals surface area contributed by atoms with Crippen molar-refractivity contribution in [3.8, 4) is 0 Å². The van der Waals surface area contributed by atoms with Crippen molar-refractivity contribution >= 4 is 35.4 Å². The van der Waals surface area contributed by atoms with E-state index in [2.05, 4.69) is 67.0 Å². The summed E-state index contributed by atoms with van der Waals surface area (Å²) in [5.74, 6) is 0. The molecule has 4 heteroatoms. The summed E-state index contributed by atoms with van der Waals surface area (Å²) in [6.07, 6.45) is 9.30. The summed E-state index contributed by atoms with van der Waals surface area (Å²) < 4.78 is 1.92. The van der Waals surface area contributed by atoms with Crippen LogP contribution in [0, 0.1) is 0 Å². The Morgan fingerprint density at radius 2 is 1.62 bits per heavy atom. The zero-order chi connectivity index (χ0) is 18.6. The van der Waals surface area contributed by atoms with E-state index < -0.39 is 0 Å². The molecule has 3 rings (SSSR count). The Labute approximate surface area is 161 Å². The summed E-state index contributed by atoms with van der Waals surface area (Å²) in [6.45, 7) is 6.11. The lowest BCUT2D eigenvalue weighted by Gasteiger charge is -2.12. The fraction of sp³-hybridized carbons (Fsp3) is 0.136. The van der Waals surface area contributed by atoms with Gasteiger partial charge >= 0.3 is 0 Å². The van der Waals surface area contributed by atoms with Gasteiger partial charge in [-0.15, -0.1) is 0 Å². The Kier molecular flexibility index (Phi) is 8.51. The molecule has 0 unspecified atom stereocenters. The van der Waals surface area contributed by atoms with Gasteiger partial charge in [0.25, 0.3) is 0 Å². The zero-order valence-electron chi connectivity index (χ0n) is 15.1. The number of hydrogen-bond acceptors (Lipinski definition) is 1. The molecule has 0 aliphatic carbocycles. The number of benzene rings is 2. The van der Waals surface area contributed by atoms with E-state index in [4.69, 9.17) is 11.6 Å². The minimum Gasteiger partial charge on any atom is -0.311 e. The van der Waals surface area contributed by atoms with Gasteiger partial charge in [-0.05, 0) is 18.3 Å². The highest BCUT2D eigenvalue weighted by atomic mass is 35.5. The van der Waals surface area contributed by atoms with Gasteiger partial charge in [-0.3, -0.25) is 0 Å². The van der Waals surface area contributed by atoms with E-state index in [1.165, 1.54) is 16.6 Å². The number of hydrogen-bond donors (Lipinski definition) is 0. The van der Waals surface area contributed by atoms with Crippen molar-refractivity contribution in [2.24, 2.45) is 0 Å². The molecule has 0 aliphatic heterocycles. The lowest BCUT2D eigenvalue weighted by Crippen LogP contribution is -2.41. The second-order valence-corrected chi connectivity index (χ2v) is 6.05. The first-order chi connectivity index (χ1) is 12.8. The Balaban J connectivity index is 0.000000228. The Hall–Kier alpha value is -2.52. The lowest BCUT2D eigenvalue weighted by molar-refractivity contribution is 0.978. The van der Waals surface area contributed by atoms with E-state index >= 15 is 0 Å². The van der Waals surface area contributed by atoms with Crippen molar-refractivity contribution in [2.45, 2.75) is 19.7 Å². The van der Waals surface area contributed by atoms with Gasteiger partial charge in [0.15, 0.2) is 0 Å². The van der Waals surface area contributed by atoms with E-state index in [9.17, 15) is 0 Å². The van der Waals surface area contributed by atoms with Crippen LogP contribution < -0.4 is 10.9 Å². The van der Waals surface area contributed by atoms with E-state index in [1.54, 1.807) is 18.1 Å². The number of aromatic nitrogens is 2. The molecule has 1 aromatic heterocycles. The third-order valence-corrected chi connectivity index (χ3v) is 4.35. The van der Waals surface area contributed by atoms with Crippen LogP contribution in [-0.4, -0.2) is 16.3 Å². The number of aryl methyl sites for hydroxylation is 1. The van der Waals surface area contributed by atoms with Gasteiger partial charge in [0.2, 0.25) is 6.71 Å². The van der Waals surface area contributed by atoms with Crippen LogP contribution in [0.5, 0.6) is 0 Å². The van der Waals surface area contributed by atoms with Gasteiger partial charge in [-0.25, -0.2) is 4.98 Å². The average molecular weight is 363 g/mol. The maximum absolute atomic E-state index is 5.64. The predicted molar refractivity (Wildman–Crippen MR) is 116 cm³/mol. The van der Waals surface area contributed by atoms with Crippen LogP contribution in [0.4, 0.5) is 0 Å². The molecule has 0 spiro atoms. The van der Waals surface area contributed by atoms with Crippen LogP contribution in [0.1, 0.15) is 12.6 Å². The molecular formula is C22H24BClN2. The maximum Gasteiger partial charge on any atom is 0.213 e. The standard InChI is InChI=1S/C15H14BCl.C7H10N2/c17-13-7-12-16(14-8-3-1-4-9-14)15-10-5-2-6-11-15;1-3-7-5-8-6-9(7)4-2/h1-11,13H,12H2;4-6H,2-3H2,1H3. The number of imidazole rings is 1. The molecule has 2 nitrogen and oxygen atoms in total. The minimum atomic E-state index is 0.382. The summed E-state index contributed by atoms with van der Waals surface area (Å²) in [7, 11) is 0. The van der Waals surface area contributed by atoms with E-state index in [0.29, 0.717) is 6.71 Å². The fourth-order valence-corrected chi connectivity index (χ4v) is 2.90. The highest BCUT2D eigenvalue weighted by Gasteiger charge is 2.16. The summed E-state index contributed by atoms with van der Waals surface area (Å²) in [5, 5.41) is 0. The molecule has 0 radical (unpaired) electrons. The van der Waals surface area contributed by atoms with Gasteiger partial charge < -0.3 is 4.57 Å². The zero-order valence-corrected chi connectivity index (χ0v) is 15.9. The molecule has 0 saturated carbocycles. The van der Waals surface area contributed by atoms with Gasteiger partial charge in [0.1, 0.15) is 0 Å². The number of halogens is 1. The lowest BCUT2D eigenvalue weighted by atomic mass is 9.39. The number of allylic oxidation sites excluding steroid dienone is 1. The summed E-state index contributed by atoms with van der Waals surface area (Å²) in [4.78, 5) is 3.96. The van der Waals surface area contributed by atoms with Crippen LogP contribution in [0.25, 0.3) is 6.20 Å². The molecule has 0 amide bonds. The molecule has 0 aliphatic rings. The summed E-state index contributed by atoms with van der Waals surface area (Å²) in [5.41, 5.74) is 5.45. The molecule has 0 fully saturated rings. The Morgan fingerprint density at radius 1 is 1.04 bits per heavy atom. The van der Waals surface area contributed by atoms with Gasteiger partial charge in [0, 0.05) is 18.1 Å². The molecule has 2 aromatic carbocycles. The third-order valence-electron chi connectivity index (χ3n) is 4.17. The second-order valence-electron chi connectivity index (χ2n) is 5.80. The Morgan fingerprint density at radius 3 is 2.04 bits per heavy atom. The smallest absolute Gasteiger partial charge is 0.213 e. The number of nitrogens with zero attached hydrogens (tertiary/aromatic N) is 2. The first-order valence-corrected chi connectivity index (χ1v) is 9.22. The molecule has 26 heavy (non-hydrogen) atoms. The molecule has 0 atom stereocenters. The predicted octanol–water partition coefficient (Wildman–Crippen LogP) is 4.59. The monoisotopic (exact) mass is 362 g/mol. The van der Waals surface area contributed by atoms with Crippen LogP contribution in [-0.2, 0) is 6.42 Å². The summed E-state index contributed by atoms with van der Waals surface area (Å²) >= 11 is 5.64. The normalized spacial score (nSPS) is 10.2. The third kappa shape index (κ3) is 5.78. The maximum atomic E-state index is 5.64. The van der Waals surface area contributed by atoms with Crippen molar-refractivity contribution in [1.29, 1.82) is 0 Å². The van der Waals surface area contributed by atoms with Crippen LogP contribution in [0.15, 0.2) is 91.4 Å². The van der Waals surface area contributed by atoms with Crippen LogP contribution in [0.2, 0.25) is 6.32 Å². The molecule has 3 aromatic rings. The van der Waals surface area contributed by atoms with Crippen molar-refractivity contribution in [3.05, 3.63) is 97.1 Å². The highest BCUT2D eigenvalue weighted by molar-refractivity contribution is 6.85. The van der Waals surface area contributed by atoms with Gasteiger partial charge in [-0.1, -0.05) is 103 Å². The quantitative estimate of drug-likeness (QED) is 0.586. The fourth-order valence-electron chi connectivity index (χ4n) is 2.79. The molecular weight excluding hydrogens is 339 g/mol. The van der Waals surface area contributed by atoms with Crippen molar-refractivity contribution in [3.63, 3.8) is 0 Å². The van der Waals surface area contributed by atoms with Gasteiger partial charge in [-0.2, -0.15) is 0 Å². The largest absolute Gasteiger partial charge is 0.311 e.